The maximum absolute atomic E-state index is 5.95. The molecule has 1 aromatic rings. The Bertz CT molecular complexity index is 287. The molecule has 0 spiro atoms. The molecule has 4 heteroatoms. The van der Waals surface area contributed by atoms with E-state index in [1.54, 1.807) is 12.1 Å². The summed E-state index contributed by atoms with van der Waals surface area (Å²) >= 11 is 11.9. The van der Waals surface area contributed by atoms with E-state index in [0.717, 1.165) is 5.69 Å². The fourth-order valence-corrected chi connectivity index (χ4v) is 1.63. The Morgan fingerprint density at radius 1 is 1.23 bits per heavy atom. The average molecular weight is 219 g/mol. The van der Waals surface area contributed by atoms with Crippen LogP contribution in [0.15, 0.2) is 12.1 Å². The molecule has 3 N–H and O–H groups in total. The first-order chi connectivity index (χ1) is 6.00. The predicted octanol–water partition coefficient (Wildman–Crippen LogP) is 3.40. The number of anilines is 2. The molecule has 0 aliphatic heterocycles. The van der Waals surface area contributed by atoms with Gasteiger partial charge in [0.2, 0.25) is 0 Å². The number of hydrogen-bond donors (Lipinski definition) is 2. The Labute approximate surface area is 88.0 Å². The van der Waals surface area contributed by atoms with Gasteiger partial charge in [0, 0.05) is 11.7 Å². The fraction of sp³-hybridized carbons (Fsp3) is 0.333. The molecule has 0 aliphatic rings. The van der Waals surface area contributed by atoms with E-state index in [-0.39, 0.29) is 0 Å². The number of nitrogens with two attached hydrogens (primary N) is 1. The molecule has 13 heavy (non-hydrogen) atoms. The largest absolute Gasteiger partial charge is 0.399 e. The van der Waals surface area contributed by atoms with E-state index in [2.05, 4.69) is 5.32 Å². The van der Waals surface area contributed by atoms with E-state index in [9.17, 15) is 0 Å². The maximum Gasteiger partial charge on any atom is 0.0722 e. The van der Waals surface area contributed by atoms with Crippen LogP contribution in [0.5, 0.6) is 0 Å². The van der Waals surface area contributed by atoms with Crippen molar-refractivity contribution in [2.24, 2.45) is 0 Å². The van der Waals surface area contributed by atoms with Crippen molar-refractivity contribution in [2.45, 2.75) is 19.9 Å². The third-order valence-electron chi connectivity index (χ3n) is 1.50. The van der Waals surface area contributed by atoms with E-state index in [1.807, 2.05) is 13.8 Å². The Kier molecular flexibility index (Phi) is 3.28. The van der Waals surface area contributed by atoms with Gasteiger partial charge in [0.1, 0.15) is 0 Å². The molecule has 0 heterocycles. The summed E-state index contributed by atoms with van der Waals surface area (Å²) in [5.74, 6) is 0. The molecule has 2 nitrogen and oxygen atoms in total. The quantitative estimate of drug-likeness (QED) is 0.748. The SMILES string of the molecule is CC(C)Nc1c(Cl)cc(N)cc1Cl. The Morgan fingerprint density at radius 2 is 1.69 bits per heavy atom. The summed E-state index contributed by atoms with van der Waals surface area (Å²) in [7, 11) is 0. The lowest BCUT2D eigenvalue weighted by atomic mass is 10.2. The monoisotopic (exact) mass is 218 g/mol. The molecule has 0 aliphatic carbocycles. The number of halogens is 2. The molecule has 0 fully saturated rings. The molecule has 1 aromatic carbocycles. The van der Waals surface area contributed by atoms with Gasteiger partial charge in [-0.3, -0.25) is 0 Å². The highest BCUT2D eigenvalue weighted by atomic mass is 35.5. The van der Waals surface area contributed by atoms with E-state index < -0.39 is 0 Å². The number of hydrogen-bond acceptors (Lipinski definition) is 2. The zero-order valence-electron chi connectivity index (χ0n) is 7.57. The number of benzene rings is 1. The second kappa shape index (κ2) is 4.07. The first-order valence-corrected chi connectivity index (χ1v) is 4.77. The van der Waals surface area contributed by atoms with Gasteiger partial charge in [0.15, 0.2) is 0 Å². The molecule has 0 amide bonds. The van der Waals surface area contributed by atoms with E-state index in [4.69, 9.17) is 28.9 Å². The summed E-state index contributed by atoms with van der Waals surface area (Å²) in [4.78, 5) is 0. The van der Waals surface area contributed by atoms with E-state index in [0.29, 0.717) is 21.8 Å². The lowest BCUT2D eigenvalue weighted by molar-refractivity contribution is 0.900. The fourth-order valence-electron chi connectivity index (χ4n) is 1.02. The van der Waals surface area contributed by atoms with Crippen LogP contribution in [0.3, 0.4) is 0 Å². The molecule has 0 bridgehead atoms. The minimum absolute atomic E-state index is 0.290. The Balaban J connectivity index is 3.06. The zero-order chi connectivity index (χ0) is 10.0. The van der Waals surface area contributed by atoms with Crippen LogP contribution in [-0.4, -0.2) is 6.04 Å². The average Bonchev–Trinajstić information content (AvgIpc) is 1.96. The van der Waals surface area contributed by atoms with Gasteiger partial charge in [-0.05, 0) is 26.0 Å². The molecule has 0 aromatic heterocycles. The van der Waals surface area contributed by atoms with Crippen molar-refractivity contribution in [1.29, 1.82) is 0 Å². The van der Waals surface area contributed by atoms with E-state index >= 15 is 0 Å². The summed E-state index contributed by atoms with van der Waals surface area (Å²) < 4.78 is 0. The molecular formula is C9H12Cl2N2. The molecule has 0 saturated heterocycles. The van der Waals surface area contributed by atoms with Gasteiger partial charge in [-0.1, -0.05) is 23.2 Å². The molecule has 1 rings (SSSR count). The smallest absolute Gasteiger partial charge is 0.0722 e. The first kappa shape index (κ1) is 10.5. The second-order valence-corrected chi connectivity index (χ2v) is 3.97. The summed E-state index contributed by atoms with van der Waals surface area (Å²) in [6, 6.07) is 3.65. The van der Waals surface area contributed by atoms with Crippen molar-refractivity contribution in [1.82, 2.24) is 0 Å². The summed E-state index contributed by atoms with van der Waals surface area (Å²) in [6.45, 7) is 4.03. The summed E-state index contributed by atoms with van der Waals surface area (Å²) in [6.07, 6.45) is 0. The highest BCUT2D eigenvalue weighted by Crippen LogP contribution is 2.33. The molecule has 0 radical (unpaired) electrons. The van der Waals surface area contributed by atoms with Crippen LogP contribution in [0.1, 0.15) is 13.8 Å². The molecule has 72 valence electrons. The van der Waals surface area contributed by atoms with Crippen LogP contribution < -0.4 is 11.1 Å². The van der Waals surface area contributed by atoms with Crippen molar-refractivity contribution in [3.63, 3.8) is 0 Å². The number of nitrogens with one attached hydrogen (secondary N) is 1. The molecule has 0 atom stereocenters. The van der Waals surface area contributed by atoms with Gasteiger partial charge >= 0.3 is 0 Å². The van der Waals surface area contributed by atoms with Crippen molar-refractivity contribution in [3.05, 3.63) is 22.2 Å². The van der Waals surface area contributed by atoms with Crippen LogP contribution in [0.25, 0.3) is 0 Å². The van der Waals surface area contributed by atoms with Gasteiger partial charge < -0.3 is 11.1 Å². The van der Waals surface area contributed by atoms with Gasteiger partial charge in [-0.15, -0.1) is 0 Å². The maximum atomic E-state index is 5.95. The van der Waals surface area contributed by atoms with Crippen LogP contribution in [-0.2, 0) is 0 Å². The van der Waals surface area contributed by atoms with Crippen molar-refractivity contribution in [3.8, 4) is 0 Å². The van der Waals surface area contributed by atoms with Crippen LogP contribution in [0, 0.1) is 0 Å². The molecular weight excluding hydrogens is 207 g/mol. The Hall–Kier alpha value is -0.600. The Morgan fingerprint density at radius 3 is 2.08 bits per heavy atom. The zero-order valence-corrected chi connectivity index (χ0v) is 9.08. The van der Waals surface area contributed by atoms with Crippen molar-refractivity contribution >= 4 is 34.6 Å². The van der Waals surface area contributed by atoms with Crippen molar-refractivity contribution in [2.75, 3.05) is 11.1 Å². The predicted molar refractivity (Wildman–Crippen MR) is 59.6 cm³/mol. The van der Waals surface area contributed by atoms with Gasteiger partial charge in [-0.25, -0.2) is 0 Å². The van der Waals surface area contributed by atoms with Gasteiger partial charge in [0.05, 0.1) is 15.7 Å². The third-order valence-corrected chi connectivity index (χ3v) is 2.09. The van der Waals surface area contributed by atoms with E-state index in [1.165, 1.54) is 0 Å². The summed E-state index contributed by atoms with van der Waals surface area (Å²) in [5.41, 5.74) is 6.88. The highest BCUT2D eigenvalue weighted by molar-refractivity contribution is 6.39. The normalized spacial score (nSPS) is 10.5. The number of rotatable bonds is 2. The first-order valence-electron chi connectivity index (χ1n) is 4.01. The topological polar surface area (TPSA) is 38.0 Å². The van der Waals surface area contributed by atoms with Crippen LogP contribution >= 0.6 is 23.2 Å². The molecule has 0 unspecified atom stereocenters. The second-order valence-electron chi connectivity index (χ2n) is 3.16. The minimum atomic E-state index is 0.290. The summed E-state index contributed by atoms with van der Waals surface area (Å²) in [5, 5.41) is 4.26. The van der Waals surface area contributed by atoms with Crippen molar-refractivity contribution < 1.29 is 0 Å². The molecule has 0 saturated carbocycles. The van der Waals surface area contributed by atoms with Gasteiger partial charge in [-0.2, -0.15) is 0 Å². The minimum Gasteiger partial charge on any atom is -0.399 e. The number of nitrogen functional groups attached to an aromatic ring is 1. The highest BCUT2D eigenvalue weighted by Gasteiger charge is 2.07. The standard InChI is InChI=1S/C9H12Cl2N2/c1-5(2)13-9-7(10)3-6(12)4-8(9)11/h3-5,13H,12H2,1-2H3. The third kappa shape index (κ3) is 2.68. The van der Waals surface area contributed by atoms with Crippen LogP contribution in [0.2, 0.25) is 10.0 Å². The lowest BCUT2D eigenvalue weighted by Crippen LogP contribution is -2.10. The lowest BCUT2D eigenvalue weighted by Gasteiger charge is -2.13. The van der Waals surface area contributed by atoms with Gasteiger partial charge in [0.25, 0.3) is 0 Å². The van der Waals surface area contributed by atoms with Crippen LogP contribution in [0.4, 0.5) is 11.4 Å².